The molecule has 0 atom stereocenters. The fraction of sp³-hybridized carbons (Fsp3) is 0.273. The third kappa shape index (κ3) is 1.65. The minimum Gasteiger partial charge on any atom is -0.381 e. The molecule has 0 bridgehead atoms. The van der Waals surface area contributed by atoms with Crippen LogP contribution in [0.4, 0.5) is 5.82 Å². The van der Waals surface area contributed by atoms with Gasteiger partial charge in [-0.15, -0.1) is 5.10 Å². The van der Waals surface area contributed by atoms with E-state index in [0.29, 0.717) is 10.8 Å². The number of hydrogen-bond donors (Lipinski definition) is 1. The predicted molar refractivity (Wildman–Crippen MR) is 64.9 cm³/mol. The molecule has 0 amide bonds. The number of rotatable bonds is 2. The summed E-state index contributed by atoms with van der Waals surface area (Å²) in [6.45, 7) is 3.97. The van der Waals surface area contributed by atoms with Gasteiger partial charge in [-0.3, -0.25) is 0 Å². The maximum atomic E-state index is 6.07. The zero-order valence-electron chi connectivity index (χ0n) is 9.24. The minimum atomic E-state index is 0.474. The van der Waals surface area contributed by atoms with Gasteiger partial charge in [-0.05, 0) is 31.0 Å². The van der Waals surface area contributed by atoms with Crippen molar-refractivity contribution in [3.05, 3.63) is 34.5 Å². The van der Waals surface area contributed by atoms with Crippen LogP contribution in [0.25, 0.3) is 5.69 Å². The Morgan fingerprint density at radius 2 is 2.19 bits per heavy atom. The van der Waals surface area contributed by atoms with Crippen LogP contribution in [0, 0.1) is 6.92 Å². The largest absolute Gasteiger partial charge is 0.381 e. The normalized spacial score (nSPS) is 10.7. The van der Waals surface area contributed by atoms with Crippen molar-refractivity contribution in [2.75, 3.05) is 5.73 Å². The second-order valence-corrected chi connectivity index (χ2v) is 3.98. The van der Waals surface area contributed by atoms with Crippen molar-refractivity contribution in [1.29, 1.82) is 0 Å². The molecule has 0 aliphatic rings. The Bertz CT molecular complexity index is 519. The molecule has 1 aromatic heterocycles. The van der Waals surface area contributed by atoms with Crippen LogP contribution in [0.2, 0.25) is 5.02 Å². The summed E-state index contributed by atoms with van der Waals surface area (Å²) in [5, 5.41) is 8.64. The zero-order valence-corrected chi connectivity index (χ0v) is 9.99. The van der Waals surface area contributed by atoms with E-state index in [2.05, 4.69) is 10.3 Å². The Morgan fingerprint density at radius 3 is 2.88 bits per heavy atom. The summed E-state index contributed by atoms with van der Waals surface area (Å²) < 4.78 is 1.75. The molecule has 1 heterocycles. The molecule has 16 heavy (non-hydrogen) atoms. The van der Waals surface area contributed by atoms with E-state index in [0.717, 1.165) is 23.4 Å². The number of nitrogens with two attached hydrogens (primary N) is 1. The quantitative estimate of drug-likeness (QED) is 0.871. The molecule has 84 valence electrons. The number of anilines is 1. The van der Waals surface area contributed by atoms with Crippen LogP contribution in [0.3, 0.4) is 0 Å². The van der Waals surface area contributed by atoms with Crippen molar-refractivity contribution < 1.29 is 0 Å². The molecular formula is C11H13ClN4. The number of halogens is 1. The molecule has 0 saturated carbocycles. The first-order valence-electron chi connectivity index (χ1n) is 5.10. The van der Waals surface area contributed by atoms with E-state index in [1.807, 2.05) is 32.0 Å². The Labute approximate surface area is 99.0 Å². The molecule has 0 aliphatic carbocycles. The molecule has 4 nitrogen and oxygen atoms in total. The number of benzene rings is 1. The SMILES string of the molecule is CCc1c(N)nnn1-c1cccc(Cl)c1C. The molecule has 2 rings (SSSR count). The lowest BCUT2D eigenvalue weighted by Gasteiger charge is -2.09. The van der Waals surface area contributed by atoms with Gasteiger partial charge in [0.25, 0.3) is 0 Å². The summed E-state index contributed by atoms with van der Waals surface area (Å²) in [7, 11) is 0. The first kappa shape index (κ1) is 11.0. The van der Waals surface area contributed by atoms with Crippen LogP contribution >= 0.6 is 11.6 Å². The highest BCUT2D eigenvalue weighted by atomic mass is 35.5. The van der Waals surface area contributed by atoms with Gasteiger partial charge in [-0.2, -0.15) is 0 Å². The van der Waals surface area contributed by atoms with E-state index in [1.54, 1.807) is 4.68 Å². The summed E-state index contributed by atoms with van der Waals surface area (Å²) >= 11 is 6.07. The summed E-state index contributed by atoms with van der Waals surface area (Å²) in [5.74, 6) is 0.474. The standard InChI is InChI=1S/C11H13ClN4/c1-3-9-11(13)14-15-16(9)10-6-4-5-8(12)7(10)2/h4-6H,3,13H2,1-2H3. The van der Waals surface area contributed by atoms with Gasteiger partial charge in [0.2, 0.25) is 0 Å². The van der Waals surface area contributed by atoms with E-state index >= 15 is 0 Å². The summed E-state index contributed by atoms with van der Waals surface area (Å²) in [5.41, 5.74) is 8.56. The van der Waals surface area contributed by atoms with Crippen molar-refractivity contribution >= 4 is 17.4 Å². The van der Waals surface area contributed by atoms with Gasteiger partial charge in [0.1, 0.15) is 0 Å². The Kier molecular flexibility index (Phi) is 2.83. The average molecular weight is 237 g/mol. The van der Waals surface area contributed by atoms with Crippen molar-refractivity contribution in [3.8, 4) is 5.69 Å². The highest BCUT2D eigenvalue weighted by Gasteiger charge is 2.12. The van der Waals surface area contributed by atoms with E-state index in [4.69, 9.17) is 17.3 Å². The summed E-state index contributed by atoms with van der Waals surface area (Å²) in [6.07, 6.45) is 0.783. The van der Waals surface area contributed by atoms with E-state index in [9.17, 15) is 0 Å². The second-order valence-electron chi connectivity index (χ2n) is 3.57. The summed E-state index contributed by atoms with van der Waals surface area (Å²) in [6, 6.07) is 5.70. The monoisotopic (exact) mass is 236 g/mol. The van der Waals surface area contributed by atoms with Crippen LogP contribution in [0.15, 0.2) is 18.2 Å². The second kappa shape index (κ2) is 4.14. The highest BCUT2D eigenvalue weighted by Crippen LogP contribution is 2.23. The van der Waals surface area contributed by atoms with Crippen LogP contribution in [0.5, 0.6) is 0 Å². The predicted octanol–water partition coefficient (Wildman–Crippen LogP) is 2.37. The molecule has 5 heteroatoms. The van der Waals surface area contributed by atoms with Crippen molar-refractivity contribution in [1.82, 2.24) is 15.0 Å². The molecule has 0 spiro atoms. The van der Waals surface area contributed by atoms with E-state index in [1.165, 1.54) is 0 Å². The fourth-order valence-electron chi connectivity index (χ4n) is 1.66. The van der Waals surface area contributed by atoms with Gasteiger partial charge in [-0.1, -0.05) is 29.8 Å². The molecule has 2 N–H and O–H groups in total. The lowest BCUT2D eigenvalue weighted by molar-refractivity contribution is 0.763. The van der Waals surface area contributed by atoms with E-state index < -0.39 is 0 Å². The topological polar surface area (TPSA) is 56.7 Å². The minimum absolute atomic E-state index is 0.474. The number of hydrogen-bond acceptors (Lipinski definition) is 3. The zero-order chi connectivity index (χ0) is 11.7. The number of aromatic nitrogens is 3. The van der Waals surface area contributed by atoms with Crippen molar-refractivity contribution in [2.24, 2.45) is 0 Å². The van der Waals surface area contributed by atoms with Crippen LogP contribution in [-0.2, 0) is 6.42 Å². The Balaban J connectivity index is 2.63. The van der Waals surface area contributed by atoms with Gasteiger partial charge in [0, 0.05) is 5.02 Å². The van der Waals surface area contributed by atoms with Gasteiger partial charge < -0.3 is 5.73 Å². The van der Waals surface area contributed by atoms with Crippen molar-refractivity contribution in [3.63, 3.8) is 0 Å². The Morgan fingerprint density at radius 1 is 1.44 bits per heavy atom. The lowest BCUT2D eigenvalue weighted by atomic mass is 10.2. The number of nitrogens with zero attached hydrogens (tertiary/aromatic N) is 3. The highest BCUT2D eigenvalue weighted by molar-refractivity contribution is 6.31. The van der Waals surface area contributed by atoms with Gasteiger partial charge in [0.05, 0.1) is 11.4 Å². The van der Waals surface area contributed by atoms with Crippen LogP contribution < -0.4 is 5.73 Å². The van der Waals surface area contributed by atoms with Gasteiger partial charge >= 0.3 is 0 Å². The third-order valence-corrected chi connectivity index (χ3v) is 3.00. The van der Waals surface area contributed by atoms with Crippen LogP contribution in [0.1, 0.15) is 18.2 Å². The number of nitrogen functional groups attached to an aromatic ring is 1. The molecule has 0 fully saturated rings. The maximum absolute atomic E-state index is 6.07. The van der Waals surface area contributed by atoms with E-state index in [-0.39, 0.29) is 0 Å². The molecule has 0 radical (unpaired) electrons. The smallest absolute Gasteiger partial charge is 0.169 e. The lowest BCUT2D eigenvalue weighted by Crippen LogP contribution is -2.04. The fourth-order valence-corrected chi connectivity index (χ4v) is 1.83. The Hall–Kier alpha value is -1.55. The van der Waals surface area contributed by atoms with Crippen molar-refractivity contribution in [2.45, 2.75) is 20.3 Å². The average Bonchev–Trinajstić information content (AvgIpc) is 2.63. The first-order valence-corrected chi connectivity index (χ1v) is 5.48. The molecule has 0 saturated heterocycles. The summed E-state index contributed by atoms with van der Waals surface area (Å²) in [4.78, 5) is 0. The molecule has 0 aliphatic heterocycles. The first-order chi connectivity index (χ1) is 7.65. The maximum Gasteiger partial charge on any atom is 0.169 e. The van der Waals surface area contributed by atoms with Gasteiger partial charge in [-0.25, -0.2) is 4.68 Å². The van der Waals surface area contributed by atoms with Crippen LogP contribution in [-0.4, -0.2) is 15.0 Å². The molecule has 1 aromatic carbocycles. The molecular weight excluding hydrogens is 224 g/mol. The molecule has 0 unspecified atom stereocenters. The third-order valence-electron chi connectivity index (χ3n) is 2.60. The van der Waals surface area contributed by atoms with Gasteiger partial charge in [0.15, 0.2) is 5.82 Å². The molecule has 2 aromatic rings.